The van der Waals surface area contributed by atoms with Gasteiger partial charge in [0, 0.05) is 37.0 Å². The van der Waals surface area contributed by atoms with Gasteiger partial charge >= 0.3 is 12.1 Å². The number of hydrogen-bond acceptors (Lipinski definition) is 10. The third-order valence-electron chi connectivity index (χ3n) is 8.30. The quantitative estimate of drug-likeness (QED) is 0.0797. The number of carbonyl (C=O) groups excluding carboxylic acids is 6. The molecule has 6 N–H and O–H groups in total. The zero-order chi connectivity index (χ0) is 38.5. The van der Waals surface area contributed by atoms with E-state index in [2.05, 4.69) is 16.0 Å². The topological polar surface area (TPSA) is 218 Å². The predicted molar refractivity (Wildman–Crippen MR) is 190 cm³/mol. The molecule has 0 spiro atoms. The molecule has 1 aromatic rings. The van der Waals surface area contributed by atoms with Crippen LogP contribution < -0.4 is 21.7 Å². The fourth-order valence-electron chi connectivity index (χ4n) is 4.95. The van der Waals surface area contributed by atoms with E-state index in [4.69, 9.17) is 10.5 Å². The summed E-state index contributed by atoms with van der Waals surface area (Å²) >= 11 is 0. The fourth-order valence-corrected chi connectivity index (χ4v) is 4.95. The lowest BCUT2D eigenvalue weighted by Crippen LogP contribution is -2.52. The molecule has 5 amide bonds. The molecule has 0 saturated heterocycles. The summed E-state index contributed by atoms with van der Waals surface area (Å²) < 4.78 is 5.23. The Morgan fingerprint density at radius 1 is 1.02 bits per heavy atom. The number of benzene rings is 1. The Bertz CT molecular complexity index is 1480. The number of likely N-dealkylation sites (N-methyl/N-ethyl adjacent to an activating group) is 1. The number of nitrogens with one attached hydrogen (secondary N) is 3. The van der Waals surface area contributed by atoms with Crippen molar-refractivity contribution in [2.75, 3.05) is 32.0 Å². The van der Waals surface area contributed by atoms with E-state index in [1.807, 2.05) is 34.6 Å². The van der Waals surface area contributed by atoms with Gasteiger partial charge in [-0.15, -0.1) is 0 Å². The number of ketones is 1. The zero-order valence-electron chi connectivity index (χ0n) is 30.5. The number of rotatable bonds is 19. The van der Waals surface area contributed by atoms with Crippen LogP contribution in [0.3, 0.4) is 0 Å². The number of Topliss-reactive ketones (excluding diaryl/α,β-unsaturated/α-hetero) is 1. The Morgan fingerprint density at radius 3 is 2.18 bits per heavy atom. The minimum absolute atomic E-state index is 0.0117. The summed E-state index contributed by atoms with van der Waals surface area (Å²) in [5, 5.41) is 17.8. The lowest BCUT2D eigenvalue weighted by atomic mass is 9.86. The van der Waals surface area contributed by atoms with Gasteiger partial charge in [-0.25, -0.2) is 9.59 Å². The number of aliphatic carboxylic acids is 1. The van der Waals surface area contributed by atoms with Crippen molar-refractivity contribution in [2.45, 2.75) is 85.5 Å². The molecule has 0 saturated carbocycles. The molecule has 0 aliphatic carbocycles. The van der Waals surface area contributed by atoms with Gasteiger partial charge in [0.1, 0.15) is 12.6 Å². The van der Waals surface area contributed by atoms with Gasteiger partial charge in [0.2, 0.25) is 11.8 Å². The second-order valence-electron chi connectivity index (χ2n) is 13.9. The average molecular weight is 713 g/mol. The molecule has 0 fully saturated rings. The maximum absolute atomic E-state index is 13.0. The van der Waals surface area contributed by atoms with E-state index < -0.39 is 53.3 Å². The molecule has 1 aromatic carbocycles. The normalized spacial score (nSPS) is 14.9. The molecule has 15 heteroatoms. The second-order valence-corrected chi connectivity index (χ2v) is 13.9. The first-order valence-corrected chi connectivity index (χ1v) is 16.8. The van der Waals surface area contributed by atoms with Crippen LogP contribution in [0.25, 0.3) is 0 Å². The third-order valence-corrected chi connectivity index (χ3v) is 8.30. The highest BCUT2D eigenvalue weighted by atomic mass is 16.5. The van der Waals surface area contributed by atoms with Gasteiger partial charge in [-0.1, -0.05) is 52.8 Å². The first kappa shape index (κ1) is 42.1. The van der Waals surface area contributed by atoms with Crippen molar-refractivity contribution in [1.82, 2.24) is 20.4 Å². The summed E-state index contributed by atoms with van der Waals surface area (Å²) in [5.74, 6) is -3.42. The van der Waals surface area contributed by atoms with Gasteiger partial charge in [0.15, 0.2) is 5.78 Å². The number of unbranched alkanes of at least 4 members (excludes halogenated alkanes) is 1. The molecule has 1 aliphatic heterocycles. The van der Waals surface area contributed by atoms with Gasteiger partial charge in [-0.05, 0) is 55.2 Å². The summed E-state index contributed by atoms with van der Waals surface area (Å²) in [7, 11) is 1.64. The van der Waals surface area contributed by atoms with Gasteiger partial charge in [0.05, 0.1) is 25.2 Å². The van der Waals surface area contributed by atoms with Crippen LogP contribution in [0.4, 0.5) is 10.5 Å². The lowest BCUT2D eigenvalue weighted by molar-refractivity contribution is -0.141. The van der Waals surface area contributed by atoms with Crippen LogP contribution in [0.1, 0.15) is 66.4 Å². The van der Waals surface area contributed by atoms with Crippen molar-refractivity contribution in [3.8, 4) is 0 Å². The van der Waals surface area contributed by atoms with Crippen molar-refractivity contribution in [1.29, 1.82) is 0 Å². The molecule has 280 valence electrons. The third kappa shape index (κ3) is 13.6. The molecule has 0 aromatic heterocycles. The first-order valence-electron chi connectivity index (χ1n) is 16.8. The van der Waals surface area contributed by atoms with Crippen LogP contribution in [0.5, 0.6) is 0 Å². The van der Waals surface area contributed by atoms with Crippen LogP contribution in [-0.4, -0.2) is 101 Å². The SMILES string of the molecule is C/C(=C\[C@H](C(C)C)N(C)C(=O)[C@@H](N)C(C)(C)C)C(=O)NC(CCCCNC(=O)OCc1ccc(NCC(=O)CN2C(=O)C=CC2=O)cc1)C(=O)O. The van der Waals surface area contributed by atoms with Crippen molar-refractivity contribution in [3.05, 3.63) is 53.6 Å². The number of alkyl carbamates (subject to hydrolysis) is 1. The van der Waals surface area contributed by atoms with Crippen LogP contribution in [0.2, 0.25) is 0 Å². The van der Waals surface area contributed by atoms with Gasteiger partial charge in [0.25, 0.3) is 11.8 Å². The predicted octanol–water partition coefficient (Wildman–Crippen LogP) is 2.36. The van der Waals surface area contributed by atoms with Crippen LogP contribution >= 0.6 is 0 Å². The molecule has 2 rings (SSSR count). The summed E-state index contributed by atoms with van der Waals surface area (Å²) in [6.07, 6.45) is 4.21. The first-order chi connectivity index (χ1) is 23.8. The highest BCUT2D eigenvalue weighted by Crippen LogP contribution is 2.22. The standard InChI is InChI=1S/C36H52N6O9/c1-22(2)28(41(7)33(47)31(37)36(4,5)6)18-23(3)32(46)40-27(34(48)49)10-8-9-17-38-35(50)51-21-24-11-13-25(14-12-24)39-19-26(43)20-42-29(44)15-16-30(42)45/h11-16,18,22,27-28,31,39H,8-10,17,19-21,37H2,1-7H3,(H,38,50)(H,40,46)(H,48,49)/b23-18+/t27?,28-,31-/m1/s1. The smallest absolute Gasteiger partial charge is 0.407 e. The fraction of sp³-hybridized carbons (Fsp3) is 0.528. The number of imide groups is 1. The van der Waals surface area contributed by atoms with Crippen LogP contribution in [0.15, 0.2) is 48.1 Å². The zero-order valence-corrected chi connectivity index (χ0v) is 30.5. The molecule has 1 unspecified atom stereocenters. The minimum atomic E-state index is -1.19. The number of carboxylic acid groups (broad SMARTS) is 1. The highest BCUT2D eigenvalue weighted by Gasteiger charge is 2.33. The van der Waals surface area contributed by atoms with E-state index in [1.54, 1.807) is 44.3 Å². The Hall–Kier alpha value is -5.05. The lowest BCUT2D eigenvalue weighted by Gasteiger charge is -2.35. The number of hydrogen-bond donors (Lipinski definition) is 5. The largest absolute Gasteiger partial charge is 0.480 e. The molecule has 1 aliphatic rings. The van der Waals surface area contributed by atoms with Crippen molar-refractivity contribution < 1.29 is 43.4 Å². The van der Waals surface area contributed by atoms with Gasteiger partial charge in [-0.2, -0.15) is 0 Å². The number of amides is 5. The Kier molecular flexibility index (Phi) is 16.0. The van der Waals surface area contributed by atoms with E-state index in [9.17, 15) is 38.7 Å². The summed E-state index contributed by atoms with van der Waals surface area (Å²) in [5.41, 5.74) is 7.32. The summed E-state index contributed by atoms with van der Waals surface area (Å²) in [4.78, 5) is 87.7. The monoisotopic (exact) mass is 712 g/mol. The summed E-state index contributed by atoms with van der Waals surface area (Å²) in [6, 6.07) is 4.48. The maximum atomic E-state index is 13.0. The van der Waals surface area contributed by atoms with E-state index >= 15 is 0 Å². The van der Waals surface area contributed by atoms with Crippen LogP contribution in [0, 0.1) is 11.3 Å². The highest BCUT2D eigenvalue weighted by molar-refractivity contribution is 6.14. The maximum Gasteiger partial charge on any atom is 0.407 e. The van der Waals surface area contributed by atoms with E-state index in [0.717, 1.165) is 17.1 Å². The minimum Gasteiger partial charge on any atom is -0.480 e. The second kappa shape index (κ2) is 19.4. The van der Waals surface area contributed by atoms with Crippen molar-refractivity contribution in [2.24, 2.45) is 17.1 Å². The number of ether oxygens (including phenoxy) is 1. The molecule has 3 atom stereocenters. The van der Waals surface area contributed by atoms with E-state index in [1.165, 1.54) is 4.90 Å². The number of carboxylic acids is 1. The Labute approximate surface area is 299 Å². The number of nitrogens with zero attached hydrogens (tertiary/aromatic N) is 2. The number of carbonyl (C=O) groups is 7. The van der Waals surface area contributed by atoms with Crippen molar-refractivity contribution in [3.63, 3.8) is 0 Å². The number of nitrogens with two attached hydrogens (primary N) is 1. The molecule has 0 radical (unpaired) electrons. The molecule has 15 nitrogen and oxygen atoms in total. The molecular weight excluding hydrogens is 660 g/mol. The Morgan fingerprint density at radius 2 is 1.63 bits per heavy atom. The van der Waals surface area contributed by atoms with Gasteiger partial charge < -0.3 is 36.4 Å². The molecule has 51 heavy (non-hydrogen) atoms. The molecule has 0 bridgehead atoms. The van der Waals surface area contributed by atoms with Gasteiger partial charge in [-0.3, -0.25) is 28.9 Å². The molecule has 1 heterocycles. The van der Waals surface area contributed by atoms with E-state index in [0.29, 0.717) is 24.1 Å². The molecular formula is C36H52N6O9. The average Bonchev–Trinajstić information content (AvgIpc) is 3.38. The number of anilines is 1. The Balaban J connectivity index is 1.74. The van der Waals surface area contributed by atoms with E-state index in [-0.39, 0.29) is 55.8 Å². The van der Waals surface area contributed by atoms with Crippen LogP contribution in [-0.2, 0) is 40.1 Å². The van der Waals surface area contributed by atoms with Crippen molar-refractivity contribution >= 4 is 47.2 Å². The summed E-state index contributed by atoms with van der Waals surface area (Å²) in [6.45, 7) is 10.8.